The predicted molar refractivity (Wildman–Crippen MR) is 77.5 cm³/mol. The Morgan fingerprint density at radius 3 is 1.68 bits per heavy atom. The van der Waals surface area contributed by atoms with E-state index in [9.17, 15) is 35.9 Å². The largest absolute Gasteiger partial charge is 0.416 e. The normalized spacial score (nSPS) is 13.5. The Morgan fingerprint density at radius 1 is 0.920 bits per heavy atom. The van der Waals surface area contributed by atoms with Crippen LogP contribution in [-0.4, -0.2) is 17.9 Å². The van der Waals surface area contributed by atoms with Crippen molar-refractivity contribution in [3.63, 3.8) is 0 Å². The van der Waals surface area contributed by atoms with Gasteiger partial charge in [-0.25, -0.2) is 0 Å². The maximum absolute atomic E-state index is 12.8. The lowest BCUT2D eigenvalue weighted by Gasteiger charge is -2.21. The number of anilines is 1. The average Bonchev–Trinajstić information content (AvgIpc) is 2.41. The molecule has 0 aliphatic heterocycles. The van der Waals surface area contributed by atoms with Gasteiger partial charge in [-0.15, -0.1) is 0 Å². The molecule has 2 N–H and O–H groups in total. The van der Waals surface area contributed by atoms with Crippen molar-refractivity contribution in [1.29, 1.82) is 0 Å². The summed E-state index contributed by atoms with van der Waals surface area (Å²) < 4.78 is 76.8. The number of rotatable bonds is 4. The van der Waals surface area contributed by atoms with E-state index in [1.807, 2.05) is 5.32 Å². The average molecular weight is 370 g/mol. The molecule has 0 saturated heterocycles. The van der Waals surface area contributed by atoms with Crippen LogP contribution in [-0.2, 0) is 21.9 Å². The number of nitrogens with one attached hydrogen (secondary N) is 2. The second-order valence-corrected chi connectivity index (χ2v) is 5.71. The molecule has 1 unspecified atom stereocenters. The van der Waals surface area contributed by atoms with E-state index >= 15 is 0 Å². The molecule has 4 nitrogen and oxygen atoms in total. The first kappa shape index (κ1) is 20.8. The van der Waals surface area contributed by atoms with Gasteiger partial charge in [-0.3, -0.25) is 9.59 Å². The van der Waals surface area contributed by atoms with E-state index < -0.39 is 52.9 Å². The highest BCUT2D eigenvalue weighted by Crippen LogP contribution is 2.37. The summed E-state index contributed by atoms with van der Waals surface area (Å²) >= 11 is 0. The van der Waals surface area contributed by atoms with Crippen LogP contribution < -0.4 is 10.6 Å². The maximum atomic E-state index is 12.8. The van der Waals surface area contributed by atoms with Crippen LogP contribution in [0.3, 0.4) is 0 Å². The molecule has 1 aromatic rings. The first-order valence-corrected chi connectivity index (χ1v) is 7.09. The highest BCUT2D eigenvalue weighted by Gasteiger charge is 2.37. The Labute approximate surface area is 139 Å². The van der Waals surface area contributed by atoms with Gasteiger partial charge >= 0.3 is 12.4 Å². The quantitative estimate of drug-likeness (QED) is 0.792. The van der Waals surface area contributed by atoms with Crippen LogP contribution in [0.5, 0.6) is 0 Å². The SMILES string of the molecule is CC(=O)NC(C(=O)Nc1cc(C(F)(F)F)cc(C(F)(F)F)c1)C(C)C. The fourth-order valence-electron chi connectivity index (χ4n) is 2.00. The number of benzene rings is 1. The van der Waals surface area contributed by atoms with E-state index in [-0.39, 0.29) is 6.07 Å². The minimum absolute atomic E-state index is 0.0383. The number of hydrogen-bond acceptors (Lipinski definition) is 2. The highest BCUT2D eigenvalue weighted by molar-refractivity contribution is 5.97. The second-order valence-electron chi connectivity index (χ2n) is 5.71. The molecule has 0 radical (unpaired) electrons. The molecule has 0 aliphatic rings. The van der Waals surface area contributed by atoms with Crippen LogP contribution in [0.25, 0.3) is 0 Å². The van der Waals surface area contributed by atoms with Crippen molar-refractivity contribution in [2.75, 3.05) is 5.32 Å². The highest BCUT2D eigenvalue weighted by atomic mass is 19.4. The third-order valence-corrected chi connectivity index (χ3v) is 3.16. The predicted octanol–water partition coefficient (Wildman–Crippen LogP) is 3.82. The minimum Gasteiger partial charge on any atom is -0.344 e. The van der Waals surface area contributed by atoms with Gasteiger partial charge in [-0.2, -0.15) is 26.3 Å². The van der Waals surface area contributed by atoms with Gasteiger partial charge in [0.15, 0.2) is 0 Å². The number of carbonyl (C=O) groups excluding carboxylic acids is 2. The van der Waals surface area contributed by atoms with Gasteiger partial charge in [0.25, 0.3) is 0 Å². The summed E-state index contributed by atoms with van der Waals surface area (Å²) in [6.07, 6.45) is -10.0. The zero-order chi connectivity index (χ0) is 19.6. The van der Waals surface area contributed by atoms with Gasteiger partial charge in [-0.05, 0) is 24.1 Å². The molecule has 0 aliphatic carbocycles. The molecule has 10 heteroatoms. The van der Waals surface area contributed by atoms with Crippen molar-refractivity contribution in [3.05, 3.63) is 29.3 Å². The Balaban J connectivity index is 3.23. The third kappa shape index (κ3) is 5.95. The first-order valence-electron chi connectivity index (χ1n) is 7.09. The molecule has 0 spiro atoms. The lowest BCUT2D eigenvalue weighted by molar-refractivity contribution is -0.143. The lowest BCUT2D eigenvalue weighted by Crippen LogP contribution is -2.46. The molecular formula is C15H16F6N2O2. The third-order valence-electron chi connectivity index (χ3n) is 3.16. The lowest BCUT2D eigenvalue weighted by atomic mass is 10.0. The molecular weight excluding hydrogens is 354 g/mol. The van der Waals surface area contributed by atoms with Crippen LogP contribution in [0.1, 0.15) is 31.9 Å². The van der Waals surface area contributed by atoms with Crippen LogP contribution in [0.4, 0.5) is 32.0 Å². The van der Waals surface area contributed by atoms with E-state index in [2.05, 4.69) is 5.32 Å². The van der Waals surface area contributed by atoms with Crippen molar-refractivity contribution >= 4 is 17.5 Å². The summed E-state index contributed by atoms with van der Waals surface area (Å²) in [5.41, 5.74) is -3.75. The Bertz CT molecular complexity index is 620. The maximum Gasteiger partial charge on any atom is 0.416 e. The molecule has 1 aromatic carbocycles. The van der Waals surface area contributed by atoms with E-state index in [0.717, 1.165) is 6.92 Å². The molecule has 0 heterocycles. The summed E-state index contributed by atoms with van der Waals surface area (Å²) in [5, 5.41) is 4.29. The monoisotopic (exact) mass is 370 g/mol. The van der Waals surface area contributed by atoms with Crippen molar-refractivity contribution in [2.24, 2.45) is 5.92 Å². The van der Waals surface area contributed by atoms with Gasteiger partial charge in [0, 0.05) is 12.6 Å². The van der Waals surface area contributed by atoms with Gasteiger partial charge in [-0.1, -0.05) is 13.8 Å². The van der Waals surface area contributed by atoms with Gasteiger partial charge in [0.1, 0.15) is 6.04 Å². The molecule has 0 fully saturated rings. The van der Waals surface area contributed by atoms with E-state index in [4.69, 9.17) is 0 Å². The summed E-state index contributed by atoms with van der Waals surface area (Å²) in [6, 6.07) is -0.346. The topological polar surface area (TPSA) is 58.2 Å². The fraction of sp³-hybridized carbons (Fsp3) is 0.467. The van der Waals surface area contributed by atoms with Crippen molar-refractivity contribution in [1.82, 2.24) is 5.32 Å². The smallest absolute Gasteiger partial charge is 0.344 e. The van der Waals surface area contributed by atoms with E-state index in [1.54, 1.807) is 13.8 Å². The molecule has 25 heavy (non-hydrogen) atoms. The Hall–Kier alpha value is -2.26. The molecule has 1 atom stereocenters. The Morgan fingerprint density at radius 2 is 1.36 bits per heavy atom. The molecule has 1 rings (SSSR count). The fourth-order valence-corrected chi connectivity index (χ4v) is 2.00. The number of halogens is 6. The van der Waals surface area contributed by atoms with Crippen molar-refractivity contribution in [2.45, 2.75) is 39.2 Å². The minimum atomic E-state index is -5.02. The second kappa shape index (κ2) is 7.32. The van der Waals surface area contributed by atoms with Crippen LogP contribution in [0.2, 0.25) is 0 Å². The number of hydrogen-bond donors (Lipinski definition) is 2. The Kier molecular flexibility index (Phi) is 6.09. The zero-order valence-electron chi connectivity index (χ0n) is 13.5. The van der Waals surface area contributed by atoms with Gasteiger partial charge in [0.2, 0.25) is 11.8 Å². The molecule has 140 valence electrons. The summed E-state index contributed by atoms with van der Waals surface area (Å²) in [5.74, 6) is -1.91. The van der Waals surface area contributed by atoms with Crippen molar-refractivity contribution in [3.8, 4) is 0 Å². The van der Waals surface area contributed by atoms with Crippen LogP contribution in [0.15, 0.2) is 18.2 Å². The molecule has 0 saturated carbocycles. The molecule has 0 bridgehead atoms. The van der Waals surface area contributed by atoms with Crippen LogP contribution in [0, 0.1) is 5.92 Å². The molecule has 0 aromatic heterocycles. The van der Waals surface area contributed by atoms with Gasteiger partial charge in [0.05, 0.1) is 11.1 Å². The first-order chi connectivity index (χ1) is 11.2. The summed E-state index contributed by atoms with van der Waals surface area (Å²) in [7, 11) is 0. The number of alkyl halides is 6. The van der Waals surface area contributed by atoms with E-state index in [0.29, 0.717) is 12.1 Å². The standard InChI is InChI=1S/C15H16F6N2O2/c1-7(2)12(22-8(3)24)13(25)23-11-5-9(14(16,17)18)4-10(6-11)15(19,20)21/h4-7,12H,1-3H3,(H,22,24)(H,23,25). The number of amides is 2. The summed E-state index contributed by atoms with van der Waals surface area (Å²) in [4.78, 5) is 23.2. The molecule has 2 amide bonds. The zero-order valence-corrected chi connectivity index (χ0v) is 13.5. The van der Waals surface area contributed by atoms with Crippen molar-refractivity contribution < 1.29 is 35.9 Å². The summed E-state index contributed by atoms with van der Waals surface area (Å²) in [6.45, 7) is 4.26. The van der Waals surface area contributed by atoms with Crippen LogP contribution >= 0.6 is 0 Å². The van der Waals surface area contributed by atoms with E-state index in [1.165, 1.54) is 0 Å². The number of carbonyl (C=O) groups is 2. The van der Waals surface area contributed by atoms with Gasteiger partial charge < -0.3 is 10.6 Å².